The number of nitrogens with zero attached hydrogens (tertiary/aromatic N) is 2. The highest BCUT2D eigenvalue weighted by atomic mass is 35.5. The molecule has 1 N–H and O–H groups in total. The number of carbonyl (C=O) groups excluding carboxylic acids is 1. The Balaban J connectivity index is 2.23. The van der Waals surface area contributed by atoms with Gasteiger partial charge in [-0.2, -0.15) is 5.10 Å². The largest absolute Gasteiger partial charge is 0.321 e. The Morgan fingerprint density at radius 2 is 1.89 bits per heavy atom. The van der Waals surface area contributed by atoms with Crippen LogP contribution in [0, 0.1) is 13.8 Å². The number of aryl methyl sites for hydroxylation is 3. The Labute approximate surface area is 111 Å². The van der Waals surface area contributed by atoms with Crippen molar-refractivity contribution in [1.29, 1.82) is 0 Å². The minimum Gasteiger partial charge on any atom is -0.321 e. The van der Waals surface area contributed by atoms with Crippen LogP contribution in [-0.4, -0.2) is 15.7 Å². The van der Waals surface area contributed by atoms with Crippen molar-refractivity contribution in [2.24, 2.45) is 7.05 Å². The van der Waals surface area contributed by atoms with Gasteiger partial charge in [0.1, 0.15) is 0 Å². The average molecular weight is 264 g/mol. The Hall–Kier alpha value is -1.81. The van der Waals surface area contributed by atoms with E-state index >= 15 is 0 Å². The first kappa shape index (κ1) is 12.6. The third-order valence-electron chi connectivity index (χ3n) is 2.48. The van der Waals surface area contributed by atoms with Gasteiger partial charge in [0.2, 0.25) is 0 Å². The molecule has 0 spiro atoms. The minimum absolute atomic E-state index is 0.235. The lowest BCUT2D eigenvalue weighted by Crippen LogP contribution is -2.13. The van der Waals surface area contributed by atoms with Gasteiger partial charge in [-0.15, -0.1) is 0 Å². The molecule has 0 atom stereocenters. The van der Waals surface area contributed by atoms with Gasteiger partial charge >= 0.3 is 0 Å². The third kappa shape index (κ3) is 2.71. The van der Waals surface area contributed by atoms with Crippen LogP contribution in [0.15, 0.2) is 24.4 Å². The van der Waals surface area contributed by atoms with Crippen LogP contribution in [0.25, 0.3) is 0 Å². The van der Waals surface area contributed by atoms with E-state index in [2.05, 4.69) is 10.4 Å². The van der Waals surface area contributed by atoms with E-state index in [1.54, 1.807) is 13.2 Å². The lowest BCUT2D eigenvalue weighted by atomic mass is 10.1. The molecule has 1 amide bonds. The van der Waals surface area contributed by atoms with Crippen LogP contribution in [0.4, 0.5) is 5.69 Å². The van der Waals surface area contributed by atoms with Crippen molar-refractivity contribution in [3.05, 3.63) is 46.2 Å². The van der Waals surface area contributed by atoms with E-state index < -0.39 is 0 Å². The van der Waals surface area contributed by atoms with Crippen LogP contribution < -0.4 is 5.32 Å². The van der Waals surface area contributed by atoms with E-state index in [-0.39, 0.29) is 11.6 Å². The molecule has 0 aliphatic heterocycles. The molecule has 0 aliphatic rings. The first-order valence-corrected chi connectivity index (χ1v) is 5.92. The zero-order chi connectivity index (χ0) is 13.3. The molecule has 1 aromatic carbocycles. The lowest BCUT2D eigenvalue weighted by Gasteiger charge is -2.06. The summed E-state index contributed by atoms with van der Waals surface area (Å²) in [6, 6.07) is 5.85. The molecule has 0 radical (unpaired) electrons. The molecule has 0 aliphatic carbocycles. The van der Waals surface area contributed by atoms with E-state index in [9.17, 15) is 4.79 Å². The van der Waals surface area contributed by atoms with Crippen molar-refractivity contribution in [2.45, 2.75) is 13.8 Å². The maximum absolute atomic E-state index is 12.0. The highest BCUT2D eigenvalue weighted by molar-refractivity contribution is 6.34. The monoisotopic (exact) mass is 263 g/mol. The number of halogens is 1. The zero-order valence-electron chi connectivity index (χ0n) is 10.5. The number of aromatic nitrogens is 2. The van der Waals surface area contributed by atoms with E-state index in [1.807, 2.05) is 32.0 Å². The van der Waals surface area contributed by atoms with E-state index in [4.69, 9.17) is 11.6 Å². The summed E-state index contributed by atoms with van der Waals surface area (Å²) in [7, 11) is 1.72. The SMILES string of the molecule is Cc1cc(C)cc(NC(=O)c2nn(C)cc2Cl)c1. The molecule has 0 fully saturated rings. The second kappa shape index (κ2) is 4.82. The molecule has 18 heavy (non-hydrogen) atoms. The van der Waals surface area contributed by atoms with Crippen molar-refractivity contribution < 1.29 is 4.79 Å². The molecule has 1 aromatic heterocycles. The standard InChI is InChI=1S/C13H14ClN3O/c1-8-4-9(2)6-10(5-8)15-13(18)12-11(14)7-17(3)16-12/h4-7H,1-3H3,(H,15,18). The Morgan fingerprint density at radius 3 is 2.39 bits per heavy atom. The summed E-state index contributed by atoms with van der Waals surface area (Å²) in [5.74, 6) is -0.300. The average Bonchev–Trinajstić information content (AvgIpc) is 2.56. The fourth-order valence-electron chi connectivity index (χ4n) is 1.85. The number of rotatable bonds is 2. The van der Waals surface area contributed by atoms with Gasteiger partial charge in [-0.25, -0.2) is 0 Å². The molecule has 4 nitrogen and oxygen atoms in total. The number of hydrogen-bond acceptors (Lipinski definition) is 2. The molecular weight excluding hydrogens is 250 g/mol. The Morgan fingerprint density at radius 1 is 1.28 bits per heavy atom. The summed E-state index contributed by atoms with van der Waals surface area (Å²) in [6.07, 6.45) is 1.60. The molecule has 2 rings (SSSR count). The smallest absolute Gasteiger partial charge is 0.277 e. The summed E-state index contributed by atoms with van der Waals surface area (Å²) in [6.45, 7) is 3.97. The number of hydrogen-bond donors (Lipinski definition) is 1. The first-order valence-electron chi connectivity index (χ1n) is 5.54. The second-order valence-electron chi connectivity index (χ2n) is 4.33. The molecule has 0 saturated heterocycles. The molecule has 0 saturated carbocycles. The van der Waals surface area contributed by atoms with Gasteiger partial charge in [-0.1, -0.05) is 17.7 Å². The molecule has 2 aromatic rings. The summed E-state index contributed by atoms with van der Waals surface area (Å²) in [5.41, 5.74) is 3.17. The Kier molecular flexibility index (Phi) is 3.39. The van der Waals surface area contributed by atoms with Gasteiger partial charge in [0.25, 0.3) is 5.91 Å². The van der Waals surface area contributed by atoms with Crippen LogP contribution >= 0.6 is 11.6 Å². The van der Waals surface area contributed by atoms with Crippen molar-refractivity contribution in [2.75, 3.05) is 5.32 Å². The van der Waals surface area contributed by atoms with Crippen LogP contribution in [0.5, 0.6) is 0 Å². The first-order chi connectivity index (χ1) is 8.45. The Bertz CT molecular complexity index is 584. The van der Waals surface area contributed by atoms with Gasteiger partial charge in [0.15, 0.2) is 5.69 Å². The number of amides is 1. The number of carbonyl (C=O) groups is 1. The van der Waals surface area contributed by atoms with Gasteiger partial charge in [0, 0.05) is 18.9 Å². The molecule has 94 valence electrons. The molecule has 0 unspecified atom stereocenters. The predicted molar refractivity (Wildman–Crippen MR) is 72.1 cm³/mol. The van der Waals surface area contributed by atoms with Crippen LogP contribution in [0.1, 0.15) is 21.6 Å². The van der Waals surface area contributed by atoms with Gasteiger partial charge < -0.3 is 5.32 Å². The van der Waals surface area contributed by atoms with Crippen molar-refractivity contribution in [3.8, 4) is 0 Å². The number of nitrogens with one attached hydrogen (secondary N) is 1. The van der Waals surface area contributed by atoms with Crippen LogP contribution in [0.2, 0.25) is 5.02 Å². The van der Waals surface area contributed by atoms with E-state index in [0.29, 0.717) is 5.02 Å². The zero-order valence-corrected chi connectivity index (χ0v) is 11.2. The summed E-state index contributed by atoms with van der Waals surface area (Å²) < 4.78 is 1.51. The lowest BCUT2D eigenvalue weighted by molar-refractivity contribution is 0.102. The van der Waals surface area contributed by atoms with Crippen molar-refractivity contribution in [1.82, 2.24) is 9.78 Å². The normalized spacial score (nSPS) is 10.4. The predicted octanol–water partition coefficient (Wildman–Crippen LogP) is 2.94. The fourth-order valence-corrected chi connectivity index (χ4v) is 2.12. The number of benzene rings is 1. The van der Waals surface area contributed by atoms with E-state index in [0.717, 1.165) is 16.8 Å². The summed E-state index contributed by atoms with van der Waals surface area (Å²) in [5, 5.41) is 7.17. The minimum atomic E-state index is -0.300. The third-order valence-corrected chi connectivity index (χ3v) is 2.76. The maximum atomic E-state index is 12.0. The number of anilines is 1. The molecule has 5 heteroatoms. The van der Waals surface area contributed by atoms with Gasteiger partial charge in [0.05, 0.1) is 5.02 Å². The second-order valence-corrected chi connectivity index (χ2v) is 4.74. The molecule has 0 bridgehead atoms. The quantitative estimate of drug-likeness (QED) is 0.906. The molecular formula is C13H14ClN3O. The topological polar surface area (TPSA) is 46.9 Å². The van der Waals surface area contributed by atoms with Crippen LogP contribution in [-0.2, 0) is 7.05 Å². The fraction of sp³-hybridized carbons (Fsp3) is 0.231. The highest BCUT2D eigenvalue weighted by Crippen LogP contribution is 2.17. The van der Waals surface area contributed by atoms with E-state index in [1.165, 1.54) is 4.68 Å². The highest BCUT2D eigenvalue weighted by Gasteiger charge is 2.14. The summed E-state index contributed by atoms with van der Waals surface area (Å²) >= 11 is 5.92. The van der Waals surface area contributed by atoms with Gasteiger partial charge in [-0.05, 0) is 37.1 Å². The molecule has 1 heterocycles. The van der Waals surface area contributed by atoms with Crippen LogP contribution in [0.3, 0.4) is 0 Å². The summed E-state index contributed by atoms with van der Waals surface area (Å²) in [4.78, 5) is 12.0. The maximum Gasteiger partial charge on any atom is 0.277 e. The van der Waals surface area contributed by atoms with Gasteiger partial charge in [-0.3, -0.25) is 9.48 Å². The van der Waals surface area contributed by atoms with Crippen molar-refractivity contribution >= 4 is 23.2 Å². The van der Waals surface area contributed by atoms with Crippen molar-refractivity contribution in [3.63, 3.8) is 0 Å².